The maximum Gasteiger partial charge on any atom is 0.412 e. The van der Waals surface area contributed by atoms with E-state index >= 15 is 0 Å². The lowest BCUT2D eigenvalue weighted by Crippen LogP contribution is -2.64. The Balaban J connectivity index is 2.08. The zero-order valence-electron chi connectivity index (χ0n) is 10.6. The summed E-state index contributed by atoms with van der Waals surface area (Å²) in [6, 6.07) is 0.890. The number of pyridine rings is 1. The number of carbonyl (C=O) groups is 1. The zero-order valence-corrected chi connectivity index (χ0v) is 10.6. The highest BCUT2D eigenvalue weighted by molar-refractivity contribution is 6.06. The standard InChI is InChI=1S/C12H10F3N5O/c13-12(14,15)9-11(3-5-20(9)6-16)10(21)18-7-2-1-4-17-8(7)19-11/h1-2,4,9H,3,5H2,(H,17,19)(H,18,21). The van der Waals surface area contributed by atoms with Crippen molar-refractivity contribution in [3.05, 3.63) is 18.3 Å². The van der Waals surface area contributed by atoms with Gasteiger partial charge in [-0.3, -0.25) is 9.69 Å². The van der Waals surface area contributed by atoms with Crippen molar-refractivity contribution >= 4 is 17.4 Å². The number of nitrogens with one attached hydrogen (secondary N) is 2. The minimum absolute atomic E-state index is 0.132. The van der Waals surface area contributed by atoms with Crippen LogP contribution in [0.5, 0.6) is 0 Å². The van der Waals surface area contributed by atoms with Gasteiger partial charge in [0.2, 0.25) is 0 Å². The van der Waals surface area contributed by atoms with Crippen molar-refractivity contribution in [1.29, 1.82) is 5.26 Å². The number of nitrogens with zero attached hydrogens (tertiary/aromatic N) is 3. The van der Waals surface area contributed by atoms with E-state index < -0.39 is 23.7 Å². The molecule has 0 saturated carbocycles. The van der Waals surface area contributed by atoms with E-state index in [-0.39, 0.29) is 18.8 Å². The quantitative estimate of drug-likeness (QED) is 0.706. The van der Waals surface area contributed by atoms with Crippen molar-refractivity contribution < 1.29 is 18.0 Å². The minimum atomic E-state index is -4.72. The van der Waals surface area contributed by atoms with Gasteiger partial charge < -0.3 is 10.6 Å². The van der Waals surface area contributed by atoms with Crippen molar-refractivity contribution in [2.75, 3.05) is 17.2 Å². The van der Waals surface area contributed by atoms with Gasteiger partial charge in [-0.05, 0) is 12.1 Å². The first-order valence-electron chi connectivity index (χ1n) is 6.16. The molecule has 0 aliphatic carbocycles. The molecule has 2 aliphatic rings. The van der Waals surface area contributed by atoms with E-state index in [1.54, 1.807) is 12.1 Å². The van der Waals surface area contributed by atoms with Crippen molar-refractivity contribution in [3.63, 3.8) is 0 Å². The largest absolute Gasteiger partial charge is 0.412 e. The van der Waals surface area contributed by atoms with Gasteiger partial charge in [0.25, 0.3) is 5.91 Å². The normalized spacial score (nSPS) is 27.8. The molecular formula is C12H10F3N5O. The molecule has 3 rings (SSSR count). The zero-order chi connectivity index (χ0) is 15.3. The number of halogens is 3. The second kappa shape index (κ2) is 4.25. The van der Waals surface area contributed by atoms with E-state index in [4.69, 9.17) is 5.26 Å². The van der Waals surface area contributed by atoms with Crippen LogP contribution in [0.15, 0.2) is 18.3 Å². The number of alkyl halides is 3. The summed E-state index contributed by atoms with van der Waals surface area (Å²) in [5, 5.41) is 13.9. The van der Waals surface area contributed by atoms with Crippen LogP contribution >= 0.6 is 0 Å². The topological polar surface area (TPSA) is 81.1 Å². The van der Waals surface area contributed by atoms with E-state index in [1.807, 2.05) is 0 Å². The number of hydrogen-bond donors (Lipinski definition) is 2. The van der Waals surface area contributed by atoms with Crippen molar-refractivity contribution in [3.8, 4) is 6.19 Å². The lowest BCUT2D eigenvalue weighted by molar-refractivity contribution is -0.181. The molecule has 2 N–H and O–H groups in total. The number of carbonyl (C=O) groups excluding carboxylic acids is 1. The Bertz CT molecular complexity index is 641. The summed E-state index contributed by atoms with van der Waals surface area (Å²) < 4.78 is 40.0. The Morgan fingerprint density at radius 3 is 2.95 bits per heavy atom. The van der Waals surface area contributed by atoms with Gasteiger partial charge >= 0.3 is 6.18 Å². The summed E-state index contributed by atoms with van der Waals surface area (Å²) in [4.78, 5) is 16.8. The van der Waals surface area contributed by atoms with Gasteiger partial charge in [0.05, 0.1) is 5.69 Å². The van der Waals surface area contributed by atoms with E-state index in [9.17, 15) is 18.0 Å². The number of amides is 1. The Kier molecular flexibility index (Phi) is 2.73. The molecule has 2 atom stereocenters. The van der Waals surface area contributed by atoms with Gasteiger partial charge in [-0.15, -0.1) is 0 Å². The molecule has 0 radical (unpaired) electrons. The molecule has 21 heavy (non-hydrogen) atoms. The number of nitriles is 1. The fourth-order valence-electron chi connectivity index (χ4n) is 2.87. The molecule has 3 heterocycles. The molecule has 2 unspecified atom stereocenters. The van der Waals surface area contributed by atoms with E-state index in [2.05, 4.69) is 15.6 Å². The van der Waals surface area contributed by atoms with E-state index in [0.29, 0.717) is 10.6 Å². The summed E-state index contributed by atoms with van der Waals surface area (Å²) in [7, 11) is 0. The van der Waals surface area contributed by atoms with Crippen molar-refractivity contribution in [1.82, 2.24) is 9.88 Å². The average Bonchev–Trinajstić information content (AvgIpc) is 2.79. The monoisotopic (exact) mass is 297 g/mol. The Morgan fingerprint density at radius 2 is 2.29 bits per heavy atom. The first kappa shape index (κ1) is 13.5. The molecule has 1 aromatic rings. The lowest BCUT2D eigenvalue weighted by Gasteiger charge is -2.40. The van der Waals surface area contributed by atoms with Gasteiger partial charge in [-0.1, -0.05) is 0 Å². The molecule has 0 bridgehead atoms. The van der Waals surface area contributed by atoms with Crippen LogP contribution in [0.25, 0.3) is 0 Å². The van der Waals surface area contributed by atoms with Crippen LogP contribution in [-0.2, 0) is 4.79 Å². The molecule has 1 spiro atoms. The van der Waals surface area contributed by atoms with E-state index in [0.717, 1.165) is 0 Å². The molecular weight excluding hydrogens is 287 g/mol. The van der Waals surface area contributed by atoms with Crippen LogP contribution in [0.4, 0.5) is 24.7 Å². The maximum atomic E-state index is 13.3. The fourth-order valence-corrected chi connectivity index (χ4v) is 2.87. The Labute approximate surface area is 117 Å². The SMILES string of the molecule is N#CN1CCC2(Nc3ncccc3NC2=O)C1C(F)(F)F. The molecule has 0 aromatic carbocycles. The van der Waals surface area contributed by atoms with Gasteiger partial charge in [0.1, 0.15) is 5.54 Å². The summed E-state index contributed by atoms with van der Waals surface area (Å²) in [5.41, 5.74) is -1.61. The lowest BCUT2D eigenvalue weighted by atomic mass is 9.86. The first-order chi connectivity index (χ1) is 9.88. The van der Waals surface area contributed by atoms with Gasteiger partial charge in [0.15, 0.2) is 18.1 Å². The van der Waals surface area contributed by atoms with Crippen LogP contribution in [0.1, 0.15) is 6.42 Å². The maximum absolute atomic E-state index is 13.3. The van der Waals surface area contributed by atoms with Gasteiger partial charge in [-0.2, -0.15) is 18.4 Å². The molecule has 1 saturated heterocycles. The highest BCUT2D eigenvalue weighted by Crippen LogP contribution is 2.44. The third-order valence-corrected chi connectivity index (χ3v) is 3.77. The smallest absolute Gasteiger partial charge is 0.352 e. The number of anilines is 2. The highest BCUT2D eigenvalue weighted by Gasteiger charge is 2.65. The number of likely N-dealkylation sites (tertiary alicyclic amines) is 1. The summed E-state index contributed by atoms with van der Waals surface area (Å²) in [5.74, 6) is -0.630. The summed E-state index contributed by atoms with van der Waals surface area (Å²) >= 11 is 0. The van der Waals surface area contributed by atoms with E-state index in [1.165, 1.54) is 12.4 Å². The molecule has 9 heteroatoms. The number of rotatable bonds is 0. The number of aromatic nitrogens is 1. The molecule has 1 aromatic heterocycles. The molecule has 6 nitrogen and oxygen atoms in total. The van der Waals surface area contributed by atoms with Crippen LogP contribution in [0, 0.1) is 11.5 Å². The van der Waals surface area contributed by atoms with Gasteiger partial charge in [0, 0.05) is 19.2 Å². The third kappa shape index (κ3) is 1.86. The minimum Gasteiger partial charge on any atom is -0.352 e. The number of hydrogen-bond acceptors (Lipinski definition) is 5. The summed E-state index contributed by atoms with van der Waals surface area (Å²) in [6.45, 7) is -0.150. The van der Waals surface area contributed by atoms with Gasteiger partial charge in [-0.25, -0.2) is 4.98 Å². The van der Waals surface area contributed by atoms with Crippen LogP contribution in [0.3, 0.4) is 0 Å². The highest BCUT2D eigenvalue weighted by atomic mass is 19.4. The molecule has 1 fully saturated rings. The summed E-state index contributed by atoms with van der Waals surface area (Å²) in [6.07, 6.45) is -1.93. The Hall–Kier alpha value is -2.50. The predicted octanol–water partition coefficient (Wildman–Crippen LogP) is 1.30. The predicted molar refractivity (Wildman–Crippen MR) is 66.0 cm³/mol. The molecule has 2 aliphatic heterocycles. The van der Waals surface area contributed by atoms with Crippen molar-refractivity contribution in [2.45, 2.75) is 24.2 Å². The van der Waals surface area contributed by atoms with Crippen LogP contribution in [-0.4, -0.2) is 40.1 Å². The second-order valence-electron chi connectivity index (χ2n) is 4.94. The van der Waals surface area contributed by atoms with Crippen LogP contribution < -0.4 is 10.6 Å². The average molecular weight is 297 g/mol. The number of fused-ring (bicyclic) bond motifs is 1. The molecule has 110 valence electrons. The first-order valence-corrected chi connectivity index (χ1v) is 6.16. The Morgan fingerprint density at radius 1 is 1.52 bits per heavy atom. The fraction of sp³-hybridized carbons (Fsp3) is 0.417. The second-order valence-corrected chi connectivity index (χ2v) is 4.94. The third-order valence-electron chi connectivity index (χ3n) is 3.77. The molecule has 1 amide bonds. The van der Waals surface area contributed by atoms with Crippen LogP contribution in [0.2, 0.25) is 0 Å². The van der Waals surface area contributed by atoms with Crippen molar-refractivity contribution in [2.24, 2.45) is 0 Å².